The zero-order valence-corrected chi connectivity index (χ0v) is 8.95. The fourth-order valence-corrected chi connectivity index (χ4v) is 1.45. The molecule has 0 aromatic heterocycles. The zero-order valence-electron chi connectivity index (χ0n) is 8.95. The summed E-state index contributed by atoms with van der Waals surface area (Å²) in [6, 6.07) is 5.45. The lowest BCUT2D eigenvalue weighted by Crippen LogP contribution is -2.49. The van der Waals surface area contributed by atoms with Crippen LogP contribution in [0.15, 0.2) is 24.3 Å². The first-order valence-electron chi connectivity index (χ1n) is 4.65. The number of rotatable bonds is 3. The molecular weight excluding hydrogens is 213 g/mol. The quantitative estimate of drug-likeness (QED) is 0.813. The minimum absolute atomic E-state index is 0.0716. The molecule has 0 spiro atoms. The van der Waals surface area contributed by atoms with E-state index in [4.69, 9.17) is 5.11 Å². The molecule has 0 radical (unpaired) electrons. The first-order chi connectivity index (χ1) is 7.38. The lowest BCUT2D eigenvalue weighted by atomic mass is 9.91. The molecule has 2 N–H and O–H groups in total. The van der Waals surface area contributed by atoms with Gasteiger partial charge in [0.2, 0.25) is 5.91 Å². The Hall–Kier alpha value is -1.91. The summed E-state index contributed by atoms with van der Waals surface area (Å²) < 4.78 is 13.5. The number of benzene rings is 1. The lowest BCUT2D eigenvalue weighted by Gasteiger charge is -2.26. The molecule has 0 heterocycles. The van der Waals surface area contributed by atoms with Crippen LogP contribution in [0.25, 0.3) is 0 Å². The number of carboxylic acids is 1. The highest BCUT2D eigenvalue weighted by Crippen LogP contribution is 2.23. The van der Waals surface area contributed by atoms with E-state index in [1.165, 1.54) is 32.0 Å². The Morgan fingerprint density at radius 1 is 1.38 bits per heavy atom. The number of amides is 1. The Bertz CT molecular complexity index is 433. The monoisotopic (exact) mass is 225 g/mol. The average molecular weight is 225 g/mol. The maximum Gasteiger partial charge on any atom is 0.333 e. The first-order valence-corrected chi connectivity index (χ1v) is 4.65. The highest BCUT2D eigenvalue weighted by atomic mass is 19.1. The molecule has 1 aromatic carbocycles. The molecule has 0 saturated heterocycles. The van der Waals surface area contributed by atoms with Gasteiger partial charge in [-0.15, -0.1) is 0 Å². The minimum atomic E-state index is -1.75. The van der Waals surface area contributed by atoms with Gasteiger partial charge in [0.05, 0.1) is 0 Å². The van der Waals surface area contributed by atoms with Gasteiger partial charge in [-0.25, -0.2) is 9.18 Å². The van der Waals surface area contributed by atoms with Crippen LogP contribution in [0, 0.1) is 5.82 Å². The lowest BCUT2D eigenvalue weighted by molar-refractivity contribution is -0.147. The summed E-state index contributed by atoms with van der Waals surface area (Å²) >= 11 is 0. The number of halogens is 1. The number of hydrogen-bond donors (Lipinski definition) is 2. The van der Waals surface area contributed by atoms with E-state index in [2.05, 4.69) is 5.32 Å². The molecule has 0 aliphatic rings. The van der Waals surface area contributed by atoms with Gasteiger partial charge in [0.25, 0.3) is 0 Å². The second kappa shape index (κ2) is 4.30. The topological polar surface area (TPSA) is 66.4 Å². The molecular formula is C11H12FNO3. The summed E-state index contributed by atoms with van der Waals surface area (Å²) in [5.41, 5.74) is -1.82. The molecule has 0 bridgehead atoms. The summed E-state index contributed by atoms with van der Waals surface area (Å²) in [5, 5.41) is 11.3. The van der Waals surface area contributed by atoms with Gasteiger partial charge in [-0.05, 0) is 13.0 Å². The van der Waals surface area contributed by atoms with E-state index in [9.17, 15) is 14.0 Å². The molecule has 5 heteroatoms. The third-order valence-electron chi connectivity index (χ3n) is 2.27. The van der Waals surface area contributed by atoms with Gasteiger partial charge in [0.1, 0.15) is 5.82 Å². The van der Waals surface area contributed by atoms with Gasteiger partial charge < -0.3 is 10.4 Å². The van der Waals surface area contributed by atoms with Gasteiger partial charge >= 0.3 is 5.97 Å². The fraction of sp³-hybridized carbons (Fsp3) is 0.273. The molecule has 1 aromatic rings. The summed E-state index contributed by atoms with van der Waals surface area (Å²) in [5.74, 6) is -2.51. The SMILES string of the molecule is CC(=O)N[C@@](C)(C(=O)O)c1ccccc1F. The highest BCUT2D eigenvalue weighted by molar-refractivity contribution is 5.86. The Labute approximate surface area is 92.1 Å². The molecule has 0 fully saturated rings. The van der Waals surface area contributed by atoms with Gasteiger partial charge in [-0.2, -0.15) is 0 Å². The highest BCUT2D eigenvalue weighted by Gasteiger charge is 2.38. The number of carboxylic acid groups (broad SMARTS) is 1. The average Bonchev–Trinajstić information content (AvgIpc) is 2.16. The summed E-state index contributed by atoms with van der Waals surface area (Å²) in [7, 11) is 0. The minimum Gasteiger partial charge on any atom is -0.479 e. The maximum atomic E-state index is 13.5. The van der Waals surface area contributed by atoms with E-state index in [1.54, 1.807) is 0 Å². The van der Waals surface area contributed by atoms with Crippen molar-refractivity contribution < 1.29 is 19.1 Å². The molecule has 1 atom stereocenters. The molecule has 0 unspecified atom stereocenters. The molecule has 0 saturated carbocycles. The second-order valence-electron chi connectivity index (χ2n) is 3.59. The van der Waals surface area contributed by atoms with Crippen molar-refractivity contribution in [3.8, 4) is 0 Å². The van der Waals surface area contributed by atoms with E-state index >= 15 is 0 Å². The number of hydrogen-bond acceptors (Lipinski definition) is 2. The van der Waals surface area contributed by atoms with Gasteiger partial charge in [0.15, 0.2) is 5.54 Å². The van der Waals surface area contributed by atoms with E-state index in [-0.39, 0.29) is 5.56 Å². The van der Waals surface area contributed by atoms with Crippen molar-refractivity contribution in [2.24, 2.45) is 0 Å². The summed E-state index contributed by atoms with van der Waals surface area (Å²) in [4.78, 5) is 22.1. The molecule has 0 aliphatic carbocycles. The maximum absolute atomic E-state index is 13.5. The van der Waals surface area contributed by atoms with E-state index in [0.29, 0.717) is 0 Å². The predicted molar refractivity (Wildman–Crippen MR) is 55.2 cm³/mol. The third kappa shape index (κ3) is 2.18. The van der Waals surface area contributed by atoms with Crippen LogP contribution in [0.4, 0.5) is 4.39 Å². The number of carbonyl (C=O) groups is 2. The number of nitrogens with one attached hydrogen (secondary N) is 1. The molecule has 1 rings (SSSR count). The Kier molecular flexibility index (Phi) is 3.27. The molecule has 16 heavy (non-hydrogen) atoms. The van der Waals surface area contributed by atoms with Crippen LogP contribution in [0.3, 0.4) is 0 Å². The van der Waals surface area contributed by atoms with Crippen LogP contribution in [-0.2, 0) is 15.1 Å². The van der Waals surface area contributed by atoms with Crippen molar-refractivity contribution in [2.75, 3.05) is 0 Å². The van der Waals surface area contributed by atoms with Crippen molar-refractivity contribution >= 4 is 11.9 Å². The van der Waals surface area contributed by atoms with Gasteiger partial charge in [-0.3, -0.25) is 4.79 Å². The summed E-state index contributed by atoms with van der Waals surface area (Å²) in [6.45, 7) is 2.43. The zero-order chi connectivity index (χ0) is 12.3. The largest absolute Gasteiger partial charge is 0.479 e. The normalized spacial score (nSPS) is 13.9. The van der Waals surface area contributed by atoms with Crippen LogP contribution in [0.5, 0.6) is 0 Å². The number of carbonyl (C=O) groups excluding carboxylic acids is 1. The van der Waals surface area contributed by atoms with Crippen LogP contribution in [0.1, 0.15) is 19.4 Å². The Morgan fingerprint density at radius 2 is 1.94 bits per heavy atom. The predicted octanol–water partition coefficient (Wildman–Crippen LogP) is 1.26. The fourth-order valence-electron chi connectivity index (χ4n) is 1.45. The van der Waals surface area contributed by atoms with Crippen LogP contribution in [0.2, 0.25) is 0 Å². The van der Waals surface area contributed by atoms with Crippen molar-refractivity contribution in [1.82, 2.24) is 5.32 Å². The summed E-state index contributed by atoms with van der Waals surface area (Å²) in [6.07, 6.45) is 0. The van der Waals surface area contributed by atoms with Crippen LogP contribution < -0.4 is 5.32 Å². The number of aliphatic carboxylic acids is 1. The standard InChI is InChI=1S/C11H12FNO3/c1-7(14)13-11(2,10(15)16)8-5-3-4-6-9(8)12/h3-6H,1-2H3,(H,13,14)(H,15,16)/t11-/m1/s1. The van der Waals surface area contributed by atoms with E-state index in [1.807, 2.05) is 0 Å². The Morgan fingerprint density at radius 3 is 2.38 bits per heavy atom. The molecule has 86 valence electrons. The van der Waals surface area contributed by atoms with E-state index < -0.39 is 23.2 Å². The van der Waals surface area contributed by atoms with Crippen molar-refractivity contribution in [1.29, 1.82) is 0 Å². The molecule has 4 nitrogen and oxygen atoms in total. The smallest absolute Gasteiger partial charge is 0.333 e. The first kappa shape index (κ1) is 12.2. The Balaban J connectivity index is 3.27. The van der Waals surface area contributed by atoms with Crippen molar-refractivity contribution in [3.63, 3.8) is 0 Å². The molecule has 0 aliphatic heterocycles. The van der Waals surface area contributed by atoms with E-state index in [0.717, 1.165) is 6.07 Å². The molecule has 1 amide bonds. The van der Waals surface area contributed by atoms with Crippen LogP contribution >= 0.6 is 0 Å². The van der Waals surface area contributed by atoms with Crippen molar-refractivity contribution in [2.45, 2.75) is 19.4 Å². The van der Waals surface area contributed by atoms with Gasteiger partial charge in [-0.1, -0.05) is 18.2 Å². The third-order valence-corrected chi connectivity index (χ3v) is 2.27. The van der Waals surface area contributed by atoms with Gasteiger partial charge in [0, 0.05) is 12.5 Å². The van der Waals surface area contributed by atoms with Crippen LogP contribution in [-0.4, -0.2) is 17.0 Å². The second-order valence-corrected chi connectivity index (χ2v) is 3.59. The van der Waals surface area contributed by atoms with Crippen molar-refractivity contribution in [3.05, 3.63) is 35.6 Å².